The summed E-state index contributed by atoms with van der Waals surface area (Å²) in [6.45, 7) is 4.47. The first-order chi connectivity index (χ1) is 9.65. The number of ether oxygens (including phenoxy) is 2. The van der Waals surface area contributed by atoms with Crippen molar-refractivity contribution in [3.8, 4) is 11.5 Å². The Labute approximate surface area is 123 Å². The number of rotatable bonds is 3. The molecule has 1 unspecified atom stereocenters. The van der Waals surface area contributed by atoms with Crippen molar-refractivity contribution in [2.24, 2.45) is 0 Å². The number of fused-ring (bicyclic) bond motifs is 1. The molecule has 20 heavy (non-hydrogen) atoms. The van der Waals surface area contributed by atoms with Gasteiger partial charge in [0.25, 0.3) is 0 Å². The van der Waals surface area contributed by atoms with Gasteiger partial charge in [-0.2, -0.15) is 0 Å². The number of anilines is 1. The molecule has 0 aromatic heterocycles. The van der Waals surface area contributed by atoms with Crippen LogP contribution < -0.4 is 14.8 Å². The summed E-state index contributed by atoms with van der Waals surface area (Å²) < 4.78 is 10.7. The van der Waals surface area contributed by atoms with Gasteiger partial charge in [-0.1, -0.05) is 35.9 Å². The second-order valence-corrected chi connectivity index (χ2v) is 5.32. The van der Waals surface area contributed by atoms with Crippen LogP contribution in [0.25, 0.3) is 0 Å². The van der Waals surface area contributed by atoms with Crippen LogP contribution in [0.2, 0.25) is 5.02 Å². The Hall–Kier alpha value is -1.87. The van der Waals surface area contributed by atoms with E-state index in [4.69, 9.17) is 21.1 Å². The Morgan fingerprint density at radius 3 is 2.60 bits per heavy atom. The van der Waals surface area contributed by atoms with E-state index < -0.39 is 0 Å². The standard InChI is InChI=1S/C16H16ClNO2/c1-10-5-3-4-6-12(10)11(2)18-14-8-16-15(7-13(14)17)19-9-20-16/h3-8,11,18H,9H2,1-2H3. The number of hydrogen-bond acceptors (Lipinski definition) is 3. The van der Waals surface area contributed by atoms with Gasteiger partial charge in [0.1, 0.15) is 0 Å². The van der Waals surface area contributed by atoms with E-state index >= 15 is 0 Å². The summed E-state index contributed by atoms with van der Waals surface area (Å²) in [6, 6.07) is 12.1. The molecule has 0 saturated carbocycles. The third-order valence-electron chi connectivity index (χ3n) is 3.49. The molecule has 0 aliphatic carbocycles. The highest BCUT2D eigenvalue weighted by molar-refractivity contribution is 6.33. The predicted octanol–water partition coefficient (Wildman–Crippen LogP) is 4.55. The minimum absolute atomic E-state index is 0.161. The van der Waals surface area contributed by atoms with Gasteiger partial charge in [-0.05, 0) is 25.0 Å². The van der Waals surface area contributed by atoms with Crippen molar-refractivity contribution < 1.29 is 9.47 Å². The molecular formula is C16H16ClNO2. The maximum Gasteiger partial charge on any atom is 0.231 e. The van der Waals surface area contributed by atoms with E-state index in [1.807, 2.05) is 18.2 Å². The van der Waals surface area contributed by atoms with E-state index in [1.54, 1.807) is 6.07 Å². The average molecular weight is 290 g/mol. The fraction of sp³-hybridized carbons (Fsp3) is 0.250. The van der Waals surface area contributed by atoms with Gasteiger partial charge in [-0.25, -0.2) is 0 Å². The van der Waals surface area contributed by atoms with Crippen molar-refractivity contribution in [2.45, 2.75) is 19.9 Å². The second kappa shape index (κ2) is 5.25. The molecule has 3 nitrogen and oxygen atoms in total. The first kappa shape index (κ1) is 13.1. The van der Waals surface area contributed by atoms with Crippen molar-refractivity contribution in [2.75, 3.05) is 12.1 Å². The lowest BCUT2D eigenvalue weighted by atomic mass is 10.0. The Morgan fingerprint density at radius 1 is 1.15 bits per heavy atom. The molecular weight excluding hydrogens is 274 g/mol. The SMILES string of the molecule is Cc1ccccc1C(C)Nc1cc2c(cc1Cl)OCO2. The maximum absolute atomic E-state index is 6.28. The van der Waals surface area contributed by atoms with E-state index in [2.05, 4.69) is 31.3 Å². The van der Waals surface area contributed by atoms with E-state index in [0.29, 0.717) is 10.8 Å². The number of hydrogen-bond donors (Lipinski definition) is 1. The minimum Gasteiger partial charge on any atom is -0.454 e. The summed E-state index contributed by atoms with van der Waals surface area (Å²) in [7, 11) is 0. The van der Waals surface area contributed by atoms with Crippen LogP contribution in [0.5, 0.6) is 11.5 Å². The molecule has 0 amide bonds. The molecule has 1 N–H and O–H groups in total. The largest absolute Gasteiger partial charge is 0.454 e. The van der Waals surface area contributed by atoms with Gasteiger partial charge >= 0.3 is 0 Å². The number of benzene rings is 2. The van der Waals surface area contributed by atoms with Crippen LogP contribution in [0, 0.1) is 6.92 Å². The van der Waals surface area contributed by atoms with Crippen LogP contribution in [-0.4, -0.2) is 6.79 Å². The lowest BCUT2D eigenvalue weighted by Crippen LogP contribution is -2.08. The van der Waals surface area contributed by atoms with Gasteiger partial charge in [-0.15, -0.1) is 0 Å². The van der Waals surface area contributed by atoms with Crippen molar-refractivity contribution in [1.29, 1.82) is 0 Å². The summed E-state index contributed by atoms with van der Waals surface area (Å²) in [5, 5.41) is 4.06. The molecule has 2 aromatic carbocycles. The van der Waals surface area contributed by atoms with Gasteiger partial charge in [0.05, 0.1) is 10.7 Å². The van der Waals surface area contributed by atoms with Gasteiger partial charge in [0, 0.05) is 18.2 Å². The first-order valence-corrected chi connectivity index (χ1v) is 6.94. The quantitative estimate of drug-likeness (QED) is 0.899. The van der Waals surface area contributed by atoms with E-state index in [1.165, 1.54) is 11.1 Å². The molecule has 0 bridgehead atoms. The van der Waals surface area contributed by atoms with Crippen molar-refractivity contribution >= 4 is 17.3 Å². The Balaban J connectivity index is 1.86. The zero-order valence-corrected chi connectivity index (χ0v) is 12.2. The maximum atomic E-state index is 6.28. The van der Waals surface area contributed by atoms with Crippen LogP contribution in [0.4, 0.5) is 5.69 Å². The zero-order valence-electron chi connectivity index (χ0n) is 11.4. The number of nitrogens with one attached hydrogen (secondary N) is 1. The van der Waals surface area contributed by atoms with Crippen molar-refractivity contribution in [1.82, 2.24) is 0 Å². The van der Waals surface area contributed by atoms with Gasteiger partial charge in [0.2, 0.25) is 6.79 Å². The Bertz CT molecular complexity index is 642. The van der Waals surface area contributed by atoms with E-state index in [-0.39, 0.29) is 12.8 Å². The second-order valence-electron chi connectivity index (χ2n) is 4.91. The lowest BCUT2D eigenvalue weighted by molar-refractivity contribution is 0.174. The molecule has 1 heterocycles. The molecule has 0 radical (unpaired) electrons. The van der Waals surface area contributed by atoms with Crippen LogP contribution in [0.1, 0.15) is 24.1 Å². The normalized spacial score (nSPS) is 14.2. The molecule has 0 saturated heterocycles. The van der Waals surface area contributed by atoms with Gasteiger partial charge in [0.15, 0.2) is 11.5 Å². The van der Waals surface area contributed by atoms with E-state index in [0.717, 1.165) is 11.4 Å². The summed E-state index contributed by atoms with van der Waals surface area (Å²) >= 11 is 6.28. The Kier molecular flexibility index (Phi) is 3.45. The zero-order chi connectivity index (χ0) is 14.1. The predicted molar refractivity (Wildman–Crippen MR) is 80.8 cm³/mol. The molecule has 2 aromatic rings. The third kappa shape index (κ3) is 2.41. The van der Waals surface area contributed by atoms with Crippen LogP contribution in [0.15, 0.2) is 36.4 Å². The number of halogens is 1. The minimum atomic E-state index is 0.161. The molecule has 1 aliphatic heterocycles. The van der Waals surface area contributed by atoms with Crippen LogP contribution >= 0.6 is 11.6 Å². The Morgan fingerprint density at radius 2 is 1.85 bits per heavy atom. The molecule has 0 fully saturated rings. The molecule has 4 heteroatoms. The average Bonchev–Trinajstić information content (AvgIpc) is 2.86. The van der Waals surface area contributed by atoms with Crippen LogP contribution in [0.3, 0.4) is 0 Å². The smallest absolute Gasteiger partial charge is 0.231 e. The molecule has 1 aliphatic rings. The third-order valence-corrected chi connectivity index (χ3v) is 3.80. The molecule has 3 rings (SSSR count). The van der Waals surface area contributed by atoms with Gasteiger partial charge in [-0.3, -0.25) is 0 Å². The summed E-state index contributed by atoms with van der Waals surface area (Å²) in [6.07, 6.45) is 0. The topological polar surface area (TPSA) is 30.5 Å². The number of aryl methyl sites for hydroxylation is 1. The first-order valence-electron chi connectivity index (χ1n) is 6.56. The van der Waals surface area contributed by atoms with Crippen molar-refractivity contribution in [3.05, 3.63) is 52.5 Å². The fourth-order valence-electron chi connectivity index (χ4n) is 2.41. The highest BCUT2D eigenvalue weighted by Crippen LogP contribution is 2.40. The fourth-order valence-corrected chi connectivity index (χ4v) is 2.62. The highest BCUT2D eigenvalue weighted by atomic mass is 35.5. The lowest BCUT2D eigenvalue weighted by Gasteiger charge is -2.19. The van der Waals surface area contributed by atoms with E-state index in [9.17, 15) is 0 Å². The summed E-state index contributed by atoms with van der Waals surface area (Å²) in [5.74, 6) is 1.43. The highest BCUT2D eigenvalue weighted by Gasteiger charge is 2.18. The molecule has 0 spiro atoms. The summed E-state index contributed by atoms with van der Waals surface area (Å²) in [5.41, 5.74) is 3.36. The molecule has 104 valence electrons. The summed E-state index contributed by atoms with van der Waals surface area (Å²) in [4.78, 5) is 0. The van der Waals surface area contributed by atoms with Gasteiger partial charge < -0.3 is 14.8 Å². The monoisotopic (exact) mass is 289 g/mol. The van der Waals surface area contributed by atoms with Crippen molar-refractivity contribution in [3.63, 3.8) is 0 Å². The van der Waals surface area contributed by atoms with Crippen LogP contribution in [-0.2, 0) is 0 Å². The molecule has 1 atom stereocenters.